The van der Waals surface area contributed by atoms with Crippen molar-refractivity contribution < 1.29 is 13.2 Å². The van der Waals surface area contributed by atoms with E-state index in [2.05, 4.69) is 5.10 Å². The number of hydrogen-bond donors (Lipinski definition) is 0. The van der Waals surface area contributed by atoms with Crippen LogP contribution in [-0.4, -0.2) is 9.78 Å². The van der Waals surface area contributed by atoms with Crippen LogP contribution in [0.25, 0.3) is 10.9 Å². The first-order valence-electron chi connectivity index (χ1n) is 4.67. The topological polar surface area (TPSA) is 17.8 Å². The zero-order valence-electron chi connectivity index (χ0n) is 8.35. The molecule has 0 saturated carbocycles. The van der Waals surface area contributed by atoms with E-state index in [4.69, 9.17) is 11.6 Å². The van der Waals surface area contributed by atoms with E-state index >= 15 is 0 Å². The zero-order valence-corrected chi connectivity index (χ0v) is 9.10. The fraction of sp³-hybridized carbons (Fsp3) is 0.300. The molecule has 0 saturated heterocycles. The van der Waals surface area contributed by atoms with Gasteiger partial charge in [-0.1, -0.05) is 17.7 Å². The first-order chi connectivity index (χ1) is 7.45. The van der Waals surface area contributed by atoms with Crippen LogP contribution < -0.4 is 0 Å². The number of halogens is 4. The highest BCUT2D eigenvalue weighted by molar-refractivity contribution is 6.34. The van der Waals surface area contributed by atoms with Crippen LogP contribution in [0.1, 0.15) is 12.5 Å². The number of nitrogens with zero attached hydrogens (tertiary/aromatic N) is 2. The smallest absolute Gasteiger partial charge is 0.264 e. The fourth-order valence-corrected chi connectivity index (χ4v) is 1.95. The number of aromatic nitrogens is 2. The van der Waals surface area contributed by atoms with Gasteiger partial charge in [0.2, 0.25) is 0 Å². The van der Waals surface area contributed by atoms with Crippen LogP contribution in [0.2, 0.25) is 5.15 Å². The van der Waals surface area contributed by atoms with Crippen LogP contribution in [0.5, 0.6) is 0 Å². The van der Waals surface area contributed by atoms with Crippen LogP contribution >= 0.6 is 11.6 Å². The number of aryl methyl sites for hydroxylation is 1. The molecule has 0 unspecified atom stereocenters. The molecule has 0 aliphatic carbocycles. The van der Waals surface area contributed by atoms with Crippen molar-refractivity contribution in [2.24, 2.45) is 0 Å². The highest BCUT2D eigenvalue weighted by Crippen LogP contribution is 2.37. The second kappa shape index (κ2) is 3.66. The average Bonchev–Trinajstić information content (AvgIpc) is 2.54. The summed E-state index contributed by atoms with van der Waals surface area (Å²) in [7, 11) is 0. The molecule has 2 rings (SSSR count). The molecular weight excluding hydrogens is 241 g/mol. The number of rotatable bonds is 1. The Kier molecular flexibility index (Phi) is 2.58. The van der Waals surface area contributed by atoms with Crippen LogP contribution in [0.4, 0.5) is 13.2 Å². The molecule has 1 aromatic heterocycles. The van der Waals surface area contributed by atoms with E-state index in [-0.39, 0.29) is 10.5 Å². The fourth-order valence-electron chi connectivity index (χ4n) is 1.66. The quantitative estimate of drug-likeness (QED) is 0.752. The summed E-state index contributed by atoms with van der Waals surface area (Å²) in [5.41, 5.74) is -0.336. The maximum atomic E-state index is 12.7. The Morgan fingerprint density at radius 3 is 2.62 bits per heavy atom. The minimum atomic E-state index is -4.41. The van der Waals surface area contributed by atoms with Gasteiger partial charge in [-0.25, -0.2) is 0 Å². The molecule has 1 aromatic carbocycles. The van der Waals surface area contributed by atoms with Gasteiger partial charge in [0.1, 0.15) is 0 Å². The average molecular weight is 249 g/mol. The van der Waals surface area contributed by atoms with Gasteiger partial charge in [0.15, 0.2) is 5.15 Å². The first-order valence-corrected chi connectivity index (χ1v) is 5.05. The van der Waals surface area contributed by atoms with Crippen LogP contribution in [0.15, 0.2) is 18.2 Å². The normalized spacial score (nSPS) is 12.3. The van der Waals surface area contributed by atoms with E-state index < -0.39 is 11.7 Å². The molecule has 1 heterocycles. The predicted octanol–water partition coefficient (Wildman–Crippen LogP) is 3.73. The lowest BCUT2D eigenvalue weighted by atomic mass is 10.1. The van der Waals surface area contributed by atoms with Crippen molar-refractivity contribution in [1.29, 1.82) is 0 Å². The van der Waals surface area contributed by atoms with E-state index in [0.717, 1.165) is 6.07 Å². The summed E-state index contributed by atoms with van der Waals surface area (Å²) in [6.45, 7) is 2.27. The molecule has 16 heavy (non-hydrogen) atoms. The number of fused-ring (bicyclic) bond motifs is 1. The van der Waals surface area contributed by atoms with Crippen molar-refractivity contribution in [3.05, 3.63) is 28.9 Å². The SMILES string of the molecule is CCn1nc(Cl)c2c(C(F)(F)F)cccc21. The first kappa shape index (κ1) is 11.3. The Morgan fingerprint density at radius 2 is 2.06 bits per heavy atom. The van der Waals surface area contributed by atoms with Gasteiger partial charge < -0.3 is 0 Å². The van der Waals surface area contributed by atoms with Gasteiger partial charge in [-0.2, -0.15) is 18.3 Å². The van der Waals surface area contributed by atoms with E-state index in [9.17, 15) is 13.2 Å². The highest BCUT2D eigenvalue weighted by Gasteiger charge is 2.34. The Bertz CT molecular complexity index is 531. The molecule has 0 aliphatic heterocycles. The summed E-state index contributed by atoms with van der Waals surface area (Å²) < 4.78 is 39.6. The minimum absolute atomic E-state index is 0.0292. The minimum Gasteiger partial charge on any atom is -0.264 e. The van der Waals surface area contributed by atoms with Crippen LogP contribution in [0.3, 0.4) is 0 Å². The molecule has 2 aromatic rings. The molecule has 0 atom stereocenters. The summed E-state index contributed by atoms with van der Waals surface area (Å²) in [5.74, 6) is 0. The molecule has 86 valence electrons. The van der Waals surface area contributed by atoms with Gasteiger partial charge in [0, 0.05) is 6.54 Å². The molecule has 0 amide bonds. The monoisotopic (exact) mass is 248 g/mol. The molecule has 0 spiro atoms. The molecule has 0 fully saturated rings. The lowest BCUT2D eigenvalue weighted by Gasteiger charge is -2.07. The molecule has 0 N–H and O–H groups in total. The molecule has 2 nitrogen and oxygen atoms in total. The largest absolute Gasteiger partial charge is 0.417 e. The van der Waals surface area contributed by atoms with Crippen molar-refractivity contribution in [3.63, 3.8) is 0 Å². The van der Waals surface area contributed by atoms with Crippen molar-refractivity contribution in [1.82, 2.24) is 9.78 Å². The van der Waals surface area contributed by atoms with Crippen LogP contribution in [-0.2, 0) is 12.7 Å². The number of alkyl halides is 3. The maximum absolute atomic E-state index is 12.7. The zero-order chi connectivity index (χ0) is 11.9. The summed E-state index contributed by atoms with van der Waals surface area (Å²) in [5, 5.41) is 3.73. The lowest BCUT2D eigenvalue weighted by Crippen LogP contribution is -2.05. The van der Waals surface area contributed by atoms with Gasteiger partial charge in [0.05, 0.1) is 16.5 Å². The Morgan fingerprint density at radius 1 is 1.38 bits per heavy atom. The molecule has 0 bridgehead atoms. The Hall–Kier alpha value is -1.23. The predicted molar refractivity (Wildman–Crippen MR) is 55.4 cm³/mol. The number of benzene rings is 1. The van der Waals surface area contributed by atoms with Crippen LogP contribution in [0, 0.1) is 0 Å². The Balaban J connectivity index is 2.83. The van der Waals surface area contributed by atoms with E-state index in [1.807, 2.05) is 0 Å². The highest BCUT2D eigenvalue weighted by atomic mass is 35.5. The third-order valence-corrected chi connectivity index (χ3v) is 2.60. The second-order valence-corrected chi connectivity index (χ2v) is 3.66. The van der Waals surface area contributed by atoms with Gasteiger partial charge in [-0.15, -0.1) is 0 Å². The summed E-state index contributed by atoms with van der Waals surface area (Å²) in [6.07, 6.45) is -4.41. The van der Waals surface area contributed by atoms with E-state index in [0.29, 0.717) is 12.1 Å². The summed E-state index contributed by atoms with van der Waals surface area (Å²) in [4.78, 5) is 0. The summed E-state index contributed by atoms with van der Waals surface area (Å²) >= 11 is 5.74. The second-order valence-electron chi connectivity index (χ2n) is 3.30. The van der Waals surface area contributed by atoms with Gasteiger partial charge in [0.25, 0.3) is 0 Å². The van der Waals surface area contributed by atoms with E-state index in [1.165, 1.54) is 10.7 Å². The maximum Gasteiger partial charge on any atom is 0.417 e. The molecule has 0 radical (unpaired) electrons. The van der Waals surface area contributed by atoms with Crippen molar-refractivity contribution >= 4 is 22.5 Å². The van der Waals surface area contributed by atoms with E-state index in [1.54, 1.807) is 13.0 Å². The molecule has 6 heteroatoms. The molecule has 0 aliphatic rings. The van der Waals surface area contributed by atoms with Crippen molar-refractivity contribution in [2.75, 3.05) is 0 Å². The third-order valence-electron chi connectivity index (χ3n) is 2.34. The van der Waals surface area contributed by atoms with Gasteiger partial charge >= 0.3 is 6.18 Å². The van der Waals surface area contributed by atoms with Crippen molar-refractivity contribution in [3.8, 4) is 0 Å². The summed E-state index contributed by atoms with van der Waals surface area (Å²) in [6, 6.07) is 3.94. The lowest BCUT2D eigenvalue weighted by molar-refractivity contribution is -0.136. The van der Waals surface area contributed by atoms with Crippen molar-refractivity contribution in [2.45, 2.75) is 19.6 Å². The molecular formula is C10H8ClF3N2. The Labute approximate surface area is 94.6 Å². The van der Waals surface area contributed by atoms with Gasteiger partial charge in [-0.05, 0) is 19.1 Å². The number of hydrogen-bond acceptors (Lipinski definition) is 1. The third kappa shape index (κ3) is 1.65. The standard InChI is InChI=1S/C10H8ClF3N2/c1-2-16-7-5-3-4-6(10(12,13)14)8(7)9(11)15-16/h3-5H,2H2,1H3. The van der Waals surface area contributed by atoms with Gasteiger partial charge in [-0.3, -0.25) is 4.68 Å².